The molecule has 2 aliphatic rings. The Morgan fingerprint density at radius 2 is 1.77 bits per heavy atom. The number of anilines is 1. The first-order valence-corrected chi connectivity index (χ1v) is 17.8. The molecule has 1 N–H and O–H groups in total. The van der Waals surface area contributed by atoms with Crippen molar-refractivity contribution in [1.82, 2.24) is 9.88 Å². The highest BCUT2D eigenvalue weighted by Gasteiger charge is 2.35. The predicted octanol–water partition coefficient (Wildman–Crippen LogP) is 5.81. The van der Waals surface area contributed by atoms with Crippen LogP contribution in [0.15, 0.2) is 53.9 Å². The lowest BCUT2D eigenvalue weighted by molar-refractivity contribution is 0.0456. The van der Waals surface area contributed by atoms with Gasteiger partial charge in [-0.05, 0) is 74.6 Å². The molecular weight excluding hydrogens is 583 g/mol. The van der Waals surface area contributed by atoms with Crippen LogP contribution in [0.1, 0.15) is 88.0 Å². The van der Waals surface area contributed by atoms with Crippen molar-refractivity contribution in [3.05, 3.63) is 81.3 Å². The Hall–Kier alpha value is -3.08. The first kappa shape index (κ1) is 31.3. The van der Waals surface area contributed by atoms with Crippen molar-refractivity contribution in [3.8, 4) is 0 Å². The molecule has 1 aromatic heterocycles. The van der Waals surface area contributed by atoms with Gasteiger partial charge in [-0.15, -0.1) is 11.3 Å². The standard InChI is InChI=1S/C33H41N3O5S2/c1-22-21-42-32(34-22)29-14-9-15-36(29)33(39)27-17-25(18-28(19-27)35(2)43(3,40)41)30(37)20-26(16-23-10-5-4-6-11-23)31(38)24-12-7-8-13-24/h4-6,10-11,17-19,21,24,26,29,31,38H,7-9,12-16,20H2,1-3H3/t26-,29-,31-/m1/s1. The first-order valence-electron chi connectivity index (χ1n) is 15.1. The van der Waals surface area contributed by atoms with Crippen LogP contribution in [0.4, 0.5) is 5.69 Å². The van der Waals surface area contributed by atoms with E-state index in [-0.39, 0.29) is 52.8 Å². The van der Waals surface area contributed by atoms with E-state index in [2.05, 4.69) is 4.98 Å². The number of ketones is 1. The van der Waals surface area contributed by atoms with Gasteiger partial charge in [0.1, 0.15) is 5.01 Å². The summed E-state index contributed by atoms with van der Waals surface area (Å²) in [5.74, 6) is -0.614. The average Bonchev–Trinajstić information content (AvgIpc) is 3.78. The number of nitrogens with zero attached hydrogens (tertiary/aromatic N) is 3. The minimum Gasteiger partial charge on any atom is -0.393 e. The summed E-state index contributed by atoms with van der Waals surface area (Å²) in [5.41, 5.74) is 2.76. The van der Waals surface area contributed by atoms with Gasteiger partial charge >= 0.3 is 0 Å². The molecule has 0 unspecified atom stereocenters. The van der Waals surface area contributed by atoms with Crippen LogP contribution in [0.25, 0.3) is 0 Å². The van der Waals surface area contributed by atoms with Crippen molar-refractivity contribution in [3.63, 3.8) is 0 Å². The molecule has 2 aromatic carbocycles. The number of aromatic nitrogens is 1. The molecule has 3 aromatic rings. The number of amides is 1. The molecule has 230 valence electrons. The highest BCUT2D eigenvalue weighted by molar-refractivity contribution is 7.92. The quantitative estimate of drug-likeness (QED) is 0.270. The van der Waals surface area contributed by atoms with Gasteiger partial charge < -0.3 is 10.0 Å². The summed E-state index contributed by atoms with van der Waals surface area (Å²) >= 11 is 1.53. The van der Waals surface area contributed by atoms with Crippen molar-refractivity contribution in [2.75, 3.05) is 24.2 Å². The number of thiazole rings is 1. The van der Waals surface area contributed by atoms with Crippen molar-refractivity contribution >= 4 is 38.7 Å². The maximum absolute atomic E-state index is 14.0. The minimum atomic E-state index is -3.65. The van der Waals surface area contributed by atoms with Crippen molar-refractivity contribution in [1.29, 1.82) is 0 Å². The lowest BCUT2D eigenvalue weighted by Crippen LogP contribution is -2.32. The van der Waals surface area contributed by atoms with Crippen LogP contribution in [0.3, 0.4) is 0 Å². The van der Waals surface area contributed by atoms with Crippen molar-refractivity contribution in [2.45, 2.75) is 70.4 Å². The van der Waals surface area contributed by atoms with E-state index < -0.39 is 16.1 Å². The molecule has 10 heteroatoms. The third-order valence-electron chi connectivity index (χ3n) is 8.94. The lowest BCUT2D eigenvalue weighted by atomic mass is 9.81. The van der Waals surface area contributed by atoms with Gasteiger partial charge in [-0.3, -0.25) is 13.9 Å². The van der Waals surface area contributed by atoms with Crippen LogP contribution >= 0.6 is 11.3 Å². The summed E-state index contributed by atoms with van der Waals surface area (Å²) < 4.78 is 26.1. The number of rotatable bonds is 11. The number of Topliss-reactive ketones (excluding diaryl/α,β-unsaturated/α-hetero) is 1. The molecule has 1 saturated heterocycles. The zero-order valence-electron chi connectivity index (χ0n) is 25.1. The number of carbonyl (C=O) groups excluding carboxylic acids is 2. The van der Waals surface area contributed by atoms with Gasteiger partial charge in [0.25, 0.3) is 5.91 Å². The fraction of sp³-hybridized carbons (Fsp3) is 0.485. The summed E-state index contributed by atoms with van der Waals surface area (Å²) in [6.07, 6.45) is 6.82. The maximum Gasteiger partial charge on any atom is 0.254 e. The maximum atomic E-state index is 14.0. The summed E-state index contributed by atoms with van der Waals surface area (Å²) in [6.45, 7) is 2.49. The van der Waals surface area contributed by atoms with E-state index in [9.17, 15) is 23.1 Å². The minimum absolute atomic E-state index is 0.0942. The zero-order chi connectivity index (χ0) is 30.7. The summed E-state index contributed by atoms with van der Waals surface area (Å²) in [6, 6.07) is 14.4. The molecule has 1 amide bonds. The first-order chi connectivity index (χ1) is 20.5. The SMILES string of the molecule is Cc1csc([C@H]2CCCN2C(=O)c2cc(C(=O)C[C@@H](Cc3ccccc3)[C@H](O)C3CCCC3)cc(N(C)S(C)(=O)=O)c2)n1. The van der Waals surface area contributed by atoms with E-state index in [1.807, 2.05) is 42.6 Å². The molecule has 3 atom stereocenters. The molecule has 43 heavy (non-hydrogen) atoms. The fourth-order valence-electron chi connectivity index (χ4n) is 6.50. The van der Waals surface area contributed by atoms with Crippen LogP contribution < -0.4 is 4.31 Å². The Bertz CT molecular complexity index is 1550. The van der Waals surface area contributed by atoms with Crippen LogP contribution in [0.5, 0.6) is 0 Å². The molecule has 8 nitrogen and oxygen atoms in total. The van der Waals surface area contributed by atoms with Crippen LogP contribution in [-0.2, 0) is 16.4 Å². The van der Waals surface area contributed by atoms with E-state index in [0.29, 0.717) is 13.0 Å². The van der Waals surface area contributed by atoms with Gasteiger partial charge in [-0.2, -0.15) is 0 Å². The Morgan fingerprint density at radius 3 is 2.42 bits per heavy atom. The Balaban J connectivity index is 1.47. The third kappa shape index (κ3) is 7.36. The Kier molecular flexibility index (Phi) is 9.68. The highest BCUT2D eigenvalue weighted by atomic mass is 32.2. The molecule has 0 spiro atoms. The van der Waals surface area contributed by atoms with Gasteiger partial charge in [0.15, 0.2) is 5.78 Å². The number of carbonyl (C=O) groups is 2. The zero-order valence-corrected chi connectivity index (χ0v) is 26.7. The number of hydrogen-bond donors (Lipinski definition) is 1. The number of aliphatic hydroxyl groups excluding tert-OH is 1. The number of hydrogen-bond acceptors (Lipinski definition) is 7. The normalized spacial score (nSPS) is 19.0. The van der Waals surface area contributed by atoms with Crippen LogP contribution in [0.2, 0.25) is 0 Å². The number of aryl methyl sites for hydroxylation is 1. The number of aliphatic hydroxyl groups is 1. The van der Waals surface area contributed by atoms with E-state index in [1.165, 1.54) is 18.4 Å². The van der Waals surface area contributed by atoms with E-state index in [1.54, 1.807) is 23.1 Å². The number of sulfonamides is 1. The summed E-state index contributed by atoms with van der Waals surface area (Å²) in [7, 11) is -2.23. The van der Waals surface area contributed by atoms with Gasteiger partial charge in [-0.25, -0.2) is 13.4 Å². The number of benzene rings is 2. The van der Waals surface area contributed by atoms with Gasteiger partial charge in [0, 0.05) is 42.2 Å². The predicted molar refractivity (Wildman–Crippen MR) is 170 cm³/mol. The smallest absolute Gasteiger partial charge is 0.254 e. The molecular formula is C33H41N3O5S2. The summed E-state index contributed by atoms with van der Waals surface area (Å²) in [4.78, 5) is 34.3. The van der Waals surface area contributed by atoms with Crippen molar-refractivity contribution < 1.29 is 23.1 Å². The monoisotopic (exact) mass is 623 g/mol. The fourth-order valence-corrected chi connectivity index (χ4v) is 7.93. The van der Waals surface area contributed by atoms with E-state index in [0.717, 1.165) is 65.4 Å². The Morgan fingerprint density at radius 1 is 1.07 bits per heavy atom. The van der Waals surface area contributed by atoms with E-state index >= 15 is 0 Å². The Labute approximate surface area is 258 Å². The second-order valence-corrected chi connectivity index (χ2v) is 15.0. The van der Waals surface area contributed by atoms with Crippen LogP contribution in [-0.4, -0.2) is 61.1 Å². The molecule has 2 heterocycles. The second kappa shape index (κ2) is 13.3. The van der Waals surface area contributed by atoms with Gasteiger partial charge in [-0.1, -0.05) is 43.2 Å². The molecule has 0 bridgehead atoms. The van der Waals surface area contributed by atoms with Crippen LogP contribution in [0, 0.1) is 18.8 Å². The van der Waals surface area contributed by atoms with Crippen molar-refractivity contribution in [2.24, 2.45) is 11.8 Å². The molecule has 0 radical (unpaired) electrons. The summed E-state index contributed by atoms with van der Waals surface area (Å²) in [5, 5.41) is 14.3. The highest BCUT2D eigenvalue weighted by Crippen LogP contribution is 2.37. The van der Waals surface area contributed by atoms with Gasteiger partial charge in [0.05, 0.1) is 24.1 Å². The van der Waals surface area contributed by atoms with E-state index in [4.69, 9.17) is 0 Å². The molecule has 1 saturated carbocycles. The molecule has 2 fully saturated rings. The lowest BCUT2D eigenvalue weighted by Gasteiger charge is -2.28. The third-order valence-corrected chi connectivity index (χ3v) is 11.2. The average molecular weight is 624 g/mol. The topological polar surface area (TPSA) is 108 Å². The molecule has 5 rings (SSSR count). The largest absolute Gasteiger partial charge is 0.393 e. The number of likely N-dealkylation sites (tertiary alicyclic amines) is 1. The molecule has 1 aliphatic heterocycles. The van der Waals surface area contributed by atoms with Gasteiger partial charge in [0.2, 0.25) is 10.0 Å². The molecule has 1 aliphatic carbocycles. The second-order valence-electron chi connectivity index (χ2n) is 12.1.